The lowest BCUT2D eigenvalue weighted by molar-refractivity contribution is -0.116. The molecule has 4 N–H and O–H groups in total. The normalized spacial score (nSPS) is 11.4. The van der Waals surface area contributed by atoms with Crippen LogP contribution in [0, 0.1) is 0 Å². The fraction of sp³-hybridized carbons (Fsp3) is 0.0741. The first kappa shape index (κ1) is 29.0. The van der Waals surface area contributed by atoms with Gasteiger partial charge in [0.1, 0.15) is 11.4 Å². The smallest absolute Gasteiger partial charge is 0.276 e. The van der Waals surface area contributed by atoms with Crippen molar-refractivity contribution in [3.05, 3.63) is 94.7 Å². The Bertz CT molecular complexity index is 1920. The molecule has 0 fully saturated rings. The lowest BCUT2D eigenvalue weighted by Crippen LogP contribution is -2.41. The summed E-state index contributed by atoms with van der Waals surface area (Å²) in [6, 6.07) is 18.9. The summed E-state index contributed by atoms with van der Waals surface area (Å²) in [5.74, 6) is -1.39. The number of primary amides is 1. The standard InChI is InChI=1S/C27H22Cl2N8O4S/c1-36(22-8-4-5-13-31-22)34-26(39)23-25-32-14-19(18-6-2-3-7-20(18)29)24(16-9-11-17(28)12-10-16)37(25)35-27(23)42(40,41)33-15-21(30)38/h2-14,33H,15H2,1H3,(H2,30,38)(H,34,39). The molecular weight excluding hydrogens is 603 g/mol. The van der Waals surface area contributed by atoms with Crippen molar-refractivity contribution in [1.29, 1.82) is 0 Å². The number of amides is 2. The number of nitrogens with two attached hydrogens (primary N) is 1. The van der Waals surface area contributed by atoms with Crippen molar-refractivity contribution < 1.29 is 18.0 Å². The van der Waals surface area contributed by atoms with E-state index >= 15 is 0 Å². The lowest BCUT2D eigenvalue weighted by atomic mass is 10.0. The summed E-state index contributed by atoms with van der Waals surface area (Å²) in [4.78, 5) is 33.8. The summed E-state index contributed by atoms with van der Waals surface area (Å²) in [6.45, 7) is -0.715. The van der Waals surface area contributed by atoms with E-state index in [-0.39, 0.29) is 11.2 Å². The van der Waals surface area contributed by atoms with Gasteiger partial charge in [-0.05, 0) is 30.3 Å². The van der Waals surface area contributed by atoms with Gasteiger partial charge in [-0.3, -0.25) is 20.0 Å². The highest BCUT2D eigenvalue weighted by Crippen LogP contribution is 2.37. The quantitative estimate of drug-likeness (QED) is 0.210. The average molecular weight is 625 g/mol. The summed E-state index contributed by atoms with van der Waals surface area (Å²) < 4.78 is 30.2. The van der Waals surface area contributed by atoms with Crippen LogP contribution in [0.5, 0.6) is 0 Å². The number of nitrogens with zero attached hydrogens (tertiary/aromatic N) is 5. The van der Waals surface area contributed by atoms with Crippen molar-refractivity contribution in [3.8, 4) is 22.4 Å². The van der Waals surface area contributed by atoms with Crippen LogP contribution in [0.4, 0.5) is 5.82 Å². The number of fused-ring (bicyclic) bond motifs is 1. The van der Waals surface area contributed by atoms with Crippen LogP contribution in [-0.4, -0.2) is 53.4 Å². The number of aromatic nitrogens is 4. The Labute approximate surface area is 250 Å². The SMILES string of the molecule is CN(NC(=O)c1c(S(=O)(=O)NCC(N)=O)nn2c(-c3ccc(Cl)cc3)c(-c3ccccc3Cl)cnc12)c1ccccn1. The molecule has 0 bridgehead atoms. The van der Waals surface area contributed by atoms with Crippen molar-refractivity contribution in [2.75, 3.05) is 18.6 Å². The molecule has 0 atom stereocenters. The Balaban J connectivity index is 1.78. The van der Waals surface area contributed by atoms with Crippen molar-refractivity contribution in [2.45, 2.75) is 5.03 Å². The van der Waals surface area contributed by atoms with E-state index in [0.29, 0.717) is 38.2 Å². The highest BCUT2D eigenvalue weighted by atomic mass is 35.5. The van der Waals surface area contributed by atoms with Crippen LogP contribution in [0.1, 0.15) is 10.4 Å². The number of halogens is 2. The average Bonchev–Trinajstić information content (AvgIpc) is 3.38. The number of rotatable bonds is 9. The minimum Gasteiger partial charge on any atom is -0.369 e. The molecule has 12 nitrogen and oxygen atoms in total. The van der Waals surface area contributed by atoms with E-state index < -0.39 is 33.4 Å². The van der Waals surface area contributed by atoms with Gasteiger partial charge in [0, 0.05) is 46.2 Å². The fourth-order valence-corrected chi connectivity index (χ4v) is 5.64. The molecule has 5 aromatic rings. The molecule has 0 saturated carbocycles. The van der Waals surface area contributed by atoms with Crippen molar-refractivity contribution >= 4 is 56.5 Å². The molecule has 0 radical (unpaired) electrons. The molecule has 3 heterocycles. The number of hydrogen-bond donors (Lipinski definition) is 3. The monoisotopic (exact) mass is 624 g/mol. The Morgan fingerprint density at radius 1 is 0.976 bits per heavy atom. The van der Waals surface area contributed by atoms with Gasteiger partial charge in [0.05, 0.1) is 12.2 Å². The van der Waals surface area contributed by atoms with Gasteiger partial charge in [0.25, 0.3) is 15.9 Å². The molecule has 0 aliphatic rings. The number of carbonyl (C=O) groups excluding carboxylic acids is 2. The number of anilines is 1. The van der Waals surface area contributed by atoms with Gasteiger partial charge in [-0.2, -0.15) is 5.10 Å². The van der Waals surface area contributed by atoms with E-state index in [0.717, 1.165) is 0 Å². The van der Waals surface area contributed by atoms with E-state index in [4.69, 9.17) is 28.9 Å². The predicted octanol–water partition coefficient (Wildman–Crippen LogP) is 3.31. The lowest BCUT2D eigenvalue weighted by Gasteiger charge is -2.19. The van der Waals surface area contributed by atoms with Crippen LogP contribution in [0.3, 0.4) is 0 Å². The summed E-state index contributed by atoms with van der Waals surface area (Å²) in [5.41, 5.74) is 9.37. The Morgan fingerprint density at radius 3 is 2.36 bits per heavy atom. The minimum atomic E-state index is -4.55. The number of hydrazine groups is 1. The molecule has 3 aromatic heterocycles. The number of sulfonamides is 1. The van der Waals surface area contributed by atoms with E-state index in [1.165, 1.54) is 29.0 Å². The number of carbonyl (C=O) groups is 2. The van der Waals surface area contributed by atoms with Crippen LogP contribution in [0.2, 0.25) is 10.0 Å². The molecule has 0 aliphatic heterocycles. The van der Waals surface area contributed by atoms with Crippen molar-refractivity contribution in [2.24, 2.45) is 5.73 Å². The van der Waals surface area contributed by atoms with Crippen LogP contribution in [0.25, 0.3) is 28.0 Å². The second kappa shape index (κ2) is 11.7. The van der Waals surface area contributed by atoms with Gasteiger partial charge in [-0.15, -0.1) is 0 Å². The van der Waals surface area contributed by atoms with Crippen LogP contribution < -0.4 is 20.9 Å². The molecular formula is C27H22Cl2N8O4S. The molecule has 15 heteroatoms. The molecule has 2 aromatic carbocycles. The molecule has 0 saturated heterocycles. The fourth-order valence-electron chi connectivity index (χ4n) is 4.17. The summed E-state index contributed by atoms with van der Waals surface area (Å²) in [6.07, 6.45) is 3.02. The minimum absolute atomic E-state index is 0.0814. The molecule has 0 unspecified atom stereocenters. The van der Waals surface area contributed by atoms with Crippen LogP contribution >= 0.6 is 23.2 Å². The largest absolute Gasteiger partial charge is 0.369 e. The second-order valence-electron chi connectivity index (χ2n) is 8.90. The van der Waals surface area contributed by atoms with Gasteiger partial charge >= 0.3 is 0 Å². The predicted molar refractivity (Wildman–Crippen MR) is 158 cm³/mol. The van der Waals surface area contributed by atoms with Gasteiger partial charge in [0.2, 0.25) is 10.9 Å². The van der Waals surface area contributed by atoms with E-state index in [2.05, 4.69) is 25.2 Å². The van der Waals surface area contributed by atoms with Gasteiger partial charge in [-0.1, -0.05) is 59.6 Å². The van der Waals surface area contributed by atoms with Crippen molar-refractivity contribution in [3.63, 3.8) is 0 Å². The maximum atomic E-state index is 13.7. The zero-order valence-corrected chi connectivity index (χ0v) is 24.2. The molecule has 5 rings (SSSR count). The molecule has 0 spiro atoms. The Kier molecular flexibility index (Phi) is 8.09. The third kappa shape index (κ3) is 5.76. The summed E-state index contributed by atoms with van der Waals surface area (Å²) in [7, 11) is -3.01. The van der Waals surface area contributed by atoms with Gasteiger partial charge in [-0.25, -0.2) is 27.6 Å². The number of pyridine rings is 1. The topological polar surface area (TPSA) is 165 Å². The highest BCUT2D eigenvalue weighted by Gasteiger charge is 2.33. The zero-order chi connectivity index (χ0) is 30.0. The van der Waals surface area contributed by atoms with Gasteiger partial charge in [0.15, 0.2) is 5.65 Å². The van der Waals surface area contributed by atoms with E-state index in [1.54, 1.807) is 66.7 Å². The van der Waals surface area contributed by atoms with Crippen LogP contribution in [-0.2, 0) is 14.8 Å². The van der Waals surface area contributed by atoms with Gasteiger partial charge < -0.3 is 5.73 Å². The first-order valence-electron chi connectivity index (χ1n) is 12.2. The maximum absolute atomic E-state index is 13.7. The maximum Gasteiger partial charge on any atom is 0.276 e. The molecule has 0 aliphatic carbocycles. The number of benzene rings is 2. The second-order valence-corrected chi connectivity index (χ2v) is 11.4. The Morgan fingerprint density at radius 2 is 1.69 bits per heavy atom. The first-order valence-corrected chi connectivity index (χ1v) is 14.5. The molecule has 42 heavy (non-hydrogen) atoms. The summed E-state index contributed by atoms with van der Waals surface area (Å²) >= 11 is 12.7. The first-order chi connectivity index (χ1) is 20.1. The number of nitrogens with one attached hydrogen (secondary N) is 2. The third-order valence-electron chi connectivity index (χ3n) is 6.07. The number of hydrogen-bond acceptors (Lipinski definition) is 8. The molecule has 2 amide bonds. The zero-order valence-electron chi connectivity index (χ0n) is 21.8. The molecule has 214 valence electrons. The highest BCUT2D eigenvalue weighted by molar-refractivity contribution is 7.89. The summed E-state index contributed by atoms with van der Waals surface area (Å²) in [5, 5.41) is 5.89. The third-order valence-corrected chi connectivity index (χ3v) is 7.97. The van der Waals surface area contributed by atoms with E-state index in [1.807, 2.05) is 0 Å². The van der Waals surface area contributed by atoms with E-state index in [9.17, 15) is 18.0 Å². The van der Waals surface area contributed by atoms with Crippen LogP contribution in [0.15, 0.2) is 84.1 Å². The van der Waals surface area contributed by atoms with Crippen molar-refractivity contribution in [1.82, 2.24) is 29.7 Å². The Hall–Kier alpha value is -4.56.